The van der Waals surface area contributed by atoms with E-state index in [1.54, 1.807) is 0 Å². The van der Waals surface area contributed by atoms with Crippen LogP contribution in [0.15, 0.2) is 11.6 Å². The molecule has 0 bridgehead atoms. The van der Waals surface area contributed by atoms with Crippen molar-refractivity contribution < 1.29 is 19.8 Å². The first-order valence-electron chi connectivity index (χ1n) is 14.3. The predicted molar refractivity (Wildman–Crippen MR) is 137 cm³/mol. The fourth-order valence-corrected chi connectivity index (χ4v) is 10.9. The Balaban J connectivity index is 1.58. The standard InChI is InChI=1S/C31H48O4/c1-27(2)20(17-32)8-11-29(4)25(27)9-12-31(6)26(29)23(34)16-22-21-15-19(24(35)18-33)7-10-28(21,3)13-14-30(22,31)5/h16,19-21,25-26,32-33H,7-15,17-18H2,1-6H3/t19-,20+,21-,25-,26+,28+,29-,30+,31+/m0/s1. The second-order valence-corrected chi connectivity index (χ2v) is 14.8. The quantitative estimate of drug-likeness (QED) is 0.535. The molecule has 0 aliphatic heterocycles. The van der Waals surface area contributed by atoms with Gasteiger partial charge in [-0.3, -0.25) is 9.59 Å². The van der Waals surface area contributed by atoms with Gasteiger partial charge in [-0.05, 0) is 109 Å². The predicted octanol–water partition coefficient (Wildman–Crippen LogP) is 5.75. The molecule has 4 fully saturated rings. The normalized spacial score (nSPS) is 50.8. The summed E-state index contributed by atoms with van der Waals surface area (Å²) >= 11 is 0. The van der Waals surface area contributed by atoms with Crippen molar-refractivity contribution in [1.29, 1.82) is 0 Å². The van der Waals surface area contributed by atoms with E-state index in [4.69, 9.17) is 0 Å². The van der Waals surface area contributed by atoms with Crippen LogP contribution in [-0.4, -0.2) is 35.0 Å². The largest absolute Gasteiger partial charge is 0.396 e. The van der Waals surface area contributed by atoms with Crippen LogP contribution in [0.2, 0.25) is 0 Å². The van der Waals surface area contributed by atoms with Crippen LogP contribution in [-0.2, 0) is 9.59 Å². The minimum atomic E-state index is -0.368. The number of rotatable bonds is 3. The number of hydrogen-bond acceptors (Lipinski definition) is 4. The van der Waals surface area contributed by atoms with Gasteiger partial charge >= 0.3 is 0 Å². The third-order valence-electron chi connectivity index (χ3n) is 13.3. The molecule has 0 aromatic carbocycles. The zero-order valence-electron chi connectivity index (χ0n) is 23.0. The maximum absolute atomic E-state index is 14.3. The first kappa shape index (κ1) is 25.6. The Morgan fingerprint density at radius 1 is 0.943 bits per heavy atom. The Hall–Kier alpha value is -1.00. The Bertz CT molecular complexity index is 950. The van der Waals surface area contributed by atoms with E-state index in [0.717, 1.165) is 57.8 Å². The summed E-state index contributed by atoms with van der Waals surface area (Å²) < 4.78 is 0. The van der Waals surface area contributed by atoms with Crippen molar-refractivity contribution in [3.8, 4) is 0 Å². The number of ketones is 2. The molecule has 0 radical (unpaired) electrons. The van der Waals surface area contributed by atoms with Crippen LogP contribution in [0, 0.1) is 56.7 Å². The molecule has 4 saturated carbocycles. The molecular weight excluding hydrogens is 436 g/mol. The van der Waals surface area contributed by atoms with Gasteiger partial charge in [-0.1, -0.05) is 47.1 Å². The van der Waals surface area contributed by atoms with Crippen molar-refractivity contribution >= 4 is 11.6 Å². The number of aliphatic hydroxyl groups excluding tert-OH is 2. The zero-order valence-corrected chi connectivity index (χ0v) is 23.0. The van der Waals surface area contributed by atoms with Gasteiger partial charge in [0.15, 0.2) is 11.6 Å². The lowest BCUT2D eigenvalue weighted by molar-refractivity contribution is -0.195. The minimum Gasteiger partial charge on any atom is -0.396 e. The molecule has 0 aromatic heterocycles. The van der Waals surface area contributed by atoms with Gasteiger partial charge in [0.1, 0.15) is 6.61 Å². The maximum Gasteiger partial charge on any atom is 0.161 e. The Kier molecular flexibility index (Phi) is 5.86. The summed E-state index contributed by atoms with van der Waals surface area (Å²) in [7, 11) is 0. The second-order valence-electron chi connectivity index (χ2n) is 14.8. The first-order chi connectivity index (χ1) is 16.3. The average molecular weight is 485 g/mol. The molecule has 5 rings (SSSR count). The van der Waals surface area contributed by atoms with E-state index in [1.165, 1.54) is 5.57 Å². The van der Waals surface area contributed by atoms with Crippen LogP contribution in [0.3, 0.4) is 0 Å². The van der Waals surface area contributed by atoms with Crippen molar-refractivity contribution in [2.75, 3.05) is 13.2 Å². The molecule has 0 saturated heterocycles. The summed E-state index contributed by atoms with van der Waals surface area (Å²) in [6, 6.07) is 0. The van der Waals surface area contributed by atoms with Crippen molar-refractivity contribution in [3.63, 3.8) is 0 Å². The van der Waals surface area contributed by atoms with Gasteiger partial charge in [0.2, 0.25) is 0 Å². The summed E-state index contributed by atoms with van der Waals surface area (Å²) in [5, 5.41) is 19.7. The van der Waals surface area contributed by atoms with Crippen LogP contribution in [0.4, 0.5) is 0 Å². The van der Waals surface area contributed by atoms with Gasteiger partial charge in [0, 0.05) is 18.4 Å². The number of Topliss-reactive ketones (excluding diaryl/α,β-unsaturated/α-hetero) is 1. The molecule has 0 spiro atoms. The molecule has 0 unspecified atom stereocenters. The Labute approximate surface area is 212 Å². The lowest BCUT2D eigenvalue weighted by Crippen LogP contribution is -2.66. The average Bonchev–Trinajstić information content (AvgIpc) is 2.79. The zero-order chi connectivity index (χ0) is 25.6. The molecular formula is C31H48O4. The van der Waals surface area contributed by atoms with E-state index in [9.17, 15) is 19.8 Å². The van der Waals surface area contributed by atoms with Crippen LogP contribution in [0.1, 0.15) is 99.3 Å². The summed E-state index contributed by atoms with van der Waals surface area (Å²) in [6.07, 6.45) is 11.2. The van der Waals surface area contributed by atoms with E-state index in [2.05, 4.69) is 47.6 Å². The number of allylic oxidation sites excluding steroid dienone is 2. The van der Waals surface area contributed by atoms with E-state index in [1.807, 2.05) is 0 Å². The van der Waals surface area contributed by atoms with E-state index < -0.39 is 0 Å². The van der Waals surface area contributed by atoms with Crippen LogP contribution in [0.25, 0.3) is 0 Å². The van der Waals surface area contributed by atoms with E-state index in [-0.39, 0.29) is 63.8 Å². The van der Waals surface area contributed by atoms with Crippen molar-refractivity contribution in [3.05, 3.63) is 11.6 Å². The first-order valence-corrected chi connectivity index (χ1v) is 14.3. The Morgan fingerprint density at radius 2 is 1.66 bits per heavy atom. The number of aliphatic hydroxyl groups is 2. The van der Waals surface area contributed by atoms with Gasteiger partial charge < -0.3 is 10.2 Å². The fourth-order valence-electron chi connectivity index (χ4n) is 10.9. The molecule has 4 heteroatoms. The minimum absolute atomic E-state index is 0.0178. The second kappa shape index (κ2) is 8.00. The van der Waals surface area contributed by atoms with Crippen LogP contribution in [0.5, 0.6) is 0 Å². The molecule has 0 heterocycles. The maximum atomic E-state index is 14.3. The van der Waals surface area contributed by atoms with Crippen LogP contribution < -0.4 is 0 Å². The monoisotopic (exact) mass is 484 g/mol. The van der Waals surface area contributed by atoms with Gasteiger partial charge in [0.05, 0.1) is 0 Å². The molecule has 2 N–H and O–H groups in total. The lowest BCUT2D eigenvalue weighted by Gasteiger charge is -2.70. The molecule has 35 heavy (non-hydrogen) atoms. The Morgan fingerprint density at radius 3 is 2.31 bits per heavy atom. The van der Waals surface area contributed by atoms with Gasteiger partial charge in [0.25, 0.3) is 0 Å². The molecule has 5 aliphatic rings. The molecule has 196 valence electrons. The third kappa shape index (κ3) is 3.24. The topological polar surface area (TPSA) is 74.6 Å². The van der Waals surface area contributed by atoms with Crippen molar-refractivity contribution in [2.45, 2.75) is 99.3 Å². The van der Waals surface area contributed by atoms with Gasteiger partial charge in [-0.15, -0.1) is 0 Å². The number of carbonyl (C=O) groups excluding carboxylic acids is 2. The molecule has 5 aliphatic carbocycles. The molecule has 9 atom stereocenters. The highest BCUT2D eigenvalue weighted by molar-refractivity contribution is 5.95. The lowest BCUT2D eigenvalue weighted by atomic mass is 9.33. The number of carbonyl (C=O) groups is 2. The van der Waals surface area contributed by atoms with Crippen molar-refractivity contribution in [2.24, 2.45) is 56.7 Å². The van der Waals surface area contributed by atoms with E-state index in [0.29, 0.717) is 17.6 Å². The highest BCUT2D eigenvalue weighted by Gasteiger charge is 2.69. The summed E-state index contributed by atoms with van der Waals surface area (Å²) in [6.45, 7) is 14.2. The highest BCUT2D eigenvalue weighted by Crippen LogP contribution is 2.75. The summed E-state index contributed by atoms with van der Waals surface area (Å²) in [5.74, 6) is 1.24. The highest BCUT2D eigenvalue weighted by atomic mass is 16.3. The molecule has 0 aromatic rings. The van der Waals surface area contributed by atoms with Crippen molar-refractivity contribution in [1.82, 2.24) is 0 Å². The smallest absolute Gasteiger partial charge is 0.161 e. The number of fused-ring (bicyclic) bond motifs is 7. The van der Waals surface area contributed by atoms with Gasteiger partial charge in [-0.25, -0.2) is 0 Å². The number of hydrogen-bond donors (Lipinski definition) is 2. The van der Waals surface area contributed by atoms with Crippen LogP contribution >= 0.6 is 0 Å². The van der Waals surface area contributed by atoms with Gasteiger partial charge in [-0.2, -0.15) is 0 Å². The molecule has 0 amide bonds. The molecule has 4 nitrogen and oxygen atoms in total. The van der Waals surface area contributed by atoms with E-state index >= 15 is 0 Å². The third-order valence-corrected chi connectivity index (χ3v) is 13.3. The SMILES string of the molecule is CC1(C)[C@@H](CO)CC[C@]2(C)[C@H]3C(=O)C=C4[C@@H]5C[C@@H](C(=O)CO)CC[C@]5(C)CC[C@@]4(C)[C@]3(C)CC[C@@H]12. The summed E-state index contributed by atoms with van der Waals surface area (Å²) in [4.78, 5) is 26.8. The fraction of sp³-hybridized carbons (Fsp3) is 0.871. The summed E-state index contributed by atoms with van der Waals surface area (Å²) in [5.41, 5.74) is 1.33.